The van der Waals surface area contributed by atoms with Gasteiger partial charge in [0.05, 0.1) is 12.1 Å². The van der Waals surface area contributed by atoms with Gasteiger partial charge in [0.2, 0.25) is 11.9 Å². The molecule has 3 rings (SSSR count). The maximum absolute atomic E-state index is 12.4. The topological polar surface area (TPSA) is 89.0 Å². The van der Waals surface area contributed by atoms with Crippen molar-refractivity contribution in [1.82, 2.24) is 20.3 Å². The van der Waals surface area contributed by atoms with Crippen LogP contribution in [0, 0.1) is 0 Å². The molecule has 2 heterocycles. The van der Waals surface area contributed by atoms with E-state index in [1.165, 1.54) is 29.5 Å². The Morgan fingerprint density at radius 1 is 1.14 bits per heavy atom. The van der Waals surface area contributed by atoms with E-state index in [9.17, 15) is 18.0 Å². The molecule has 28 heavy (non-hydrogen) atoms. The van der Waals surface area contributed by atoms with Crippen LogP contribution in [0.5, 0.6) is 5.75 Å². The summed E-state index contributed by atoms with van der Waals surface area (Å²) in [4.78, 5) is 24.4. The van der Waals surface area contributed by atoms with Crippen LogP contribution < -0.4 is 15.4 Å². The molecule has 0 saturated heterocycles. The number of rotatable bonds is 7. The number of anilines is 2. The Morgan fingerprint density at radius 3 is 2.64 bits per heavy atom. The number of nitrogens with zero attached hydrogens (tertiary/aromatic N) is 3. The maximum atomic E-state index is 12.4. The summed E-state index contributed by atoms with van der Waals surface area (Å²) in [6.07, 6.45) is -1.65. The van der Waals surface area contributed by atoms with Crippen LogP contribution in [0.3, 0.4) is 0 Å². The molecule has 0 aliphatic rings. The molecule has 0 aliphatic heterocycles. The molecule has 0 atom stereocenters. The smallest absolute Gasteiger partial charge is 0.405 e. The van der Waals surface area contributed by atoms with Crippen molar-refractivity contribution >= 4 is 28.3 Å². The minimum absolute atomic E-state index is 0.0177. The van der Waals surface area contributed by atoms with Gasteiger partial charge in [-0.25, -0.2) is 15.0 Å². The largest absolute Gasteiger partial charge is 0.573 e. The number of carbonyl (C=O) groups excluding carboxylic acids is 1. The number of alkyl halides is 3. The molecule has 0 aliphatic carbocycles. The summed E-state index contributed by atoms with van der Waals surface area (Å²) in [7, 11) is 0. The predicted molar refractivity (Wildman–Crippen MR) is 96.1 cm³/mol. The highest BCUT2D eigenvalue weighted by Crippen LogP contribution is 2.26. The van der Waals surface area contributed by atoms with E-state index in [0.717, 1.165) is 0 Å². The van der Waals surface area contributed by atoms with Crippen LogP contribution in [0.15, 0.2) is 48.1 Å². The Labute approximate surface area is 161 Å². The van der Waals surface area contributed by atoms with E-state index in [4.69, 9.17) is 0 Å². The number of carbonyl (C=O) groups is 1. The first kappa shape index (κ1) is 19.5. The van der Waals surface area contributed by atoms with Crippen LogP contribution in [0.1, 0.15) is 11.3 Å². The average molecular weight is 409 g/mol. The van der Waals surface area contributed by atoms with Crippen molar-refractivity contribution in [3.05, 3.63) is 59.4 Å². The number of hydrogen-bond acceptors (Lipinski definition) is 7. The van der Waals surface area contributed by atoms with Gasteiger partial charge in [0.25, 0.3) is 0 Å². The Bertz CT molecular complexity index is 934. The van der Waals surface area contributed by atoms with Crippen LogP contribution in [0.4, 0.5) is 24.3 Å². The molecule has 7 nitrogen and oxygen atoms in total. The van der Waals surface area contributed by atoms with Crippen molar-refractivity contribution in [2.75, 3.05) is 5.32 Å². The summed E-state index contributed by atoms with van der Waals surface area (Å²) in [5.74, 6) is -0.345. The van der Waals surface area contributed by atoms with Crippen LogP contribution in [-0.2, 0) is 17.8 Å². The molecular formula is C17H14F3N5O2S. The van der Waals surface area contributed by atoms with E-state index in [1.807, 2.05) is 0 Å². The fourth-order valence-corrected chi connectivity index (χ4v) is 2.90. The Morgan fingerprint density at radius 2 is 1.89 bits per heavy atom. The van der Waals surface area contributed by atoms with Gasteiger partial charge < -0.3 is 15.4 Å². The number of benzene rings is 1. The Balaban J connectivity index is 1.54. The van der Waals surface area contributed by atoms with E-state index in [2.05, 4.69) is 30.3 Å². The molecular weight excluding hydrogens is 395 g/mol. The number of ether oxygens (including phenoxy) is 1. The monoisotopic (exact) mass is 409 g/mol. The van der Waals surface area contributed by atoms with E-state index < -0.39 is 6.36 Å². The number of thiazole rings is 1. The normalized spacial score (nSPS) is 11.1. The molecule has 2 N–H and O–H groups in total. The molecule has 2 aromatic heterocycles. The molecule has 0 saturated carbocycles. The number of nitrogens with one attached hydrogen (secondary N) is 2. The minimum atomic E-state index is -4.80. The molecule has 0 radical (unpaired) electrons. The summed E-state index contributed by atoms with van der Waals surface area (Å²) in [5.41, 5.74) is 0.732. The zero-order valence-electron chi connectivity index (χ0n) is 14.2. The molecule has 1 amide bonds. The lowest BCUT2D eigenvalue weighted by Gasteiger charge is -2.13. The zero-order valence-corrected chi connectivity index (χ0v) is 15.0. The summed E-state index contributed by atoms with van der Waals surface area (Å²) < 4.78 is 41.3. The first-order valence-electron chi connectivity index (χ1n) is 7.98. The fraction of sp³-hybridized carbons (Fsp3) is 0.176. The van der Waals surface area contributed by atoms with Crippen LogP contribution in [0.2, 0.25) is 0 Å². The molecule has 1 aromatic carbocycles. The molecule has 3 aromatic rings. The van der Waals surface area contributed by atoms with Crippen molar-refractivity contribution in [2.45, 2.75) is 19.3 Å². The lowest BCUT2D eigenvalue weighted by molar-refractivity contribution is -0.274. The summed E-state index contributed by atoms with van der Waals surface area (Å²) in [5, 5.41) is 7.71. The molecule has 0 spiro atoms. The first-order chi connectivity index (χ1) is 13.4. The highest BCUT2D eigenvalue weighted by atomic mass is 32.1. The number of aromatic nitrogens is 3. The highest BCUT2D eigenvalue weighted by Gasteiger charge is 2.31. The lowest BCUT2D eigenvalue weighted by atomic mass is 10.2. The van der Waals surface area contributed by atoms with Crippen molar-refractivity contribution in [2.24, 2.45) is 0 Å². The van der Waals surface area contributed by atoms with Crippen LogP contribution in [-0.4, -0.2) is 27.2 Å². The van der Waals surface area contributed by atoms with Gasteiger partial charge in [-0.15, -0.1) is 24.5 Å². The molecule has 11 heteroatoms. The van der Waals surface area contributed by atoms with E-state index in [-0.39, 0.29) is 30.2 Å². The summed E-state index contributed by atoms with van der Waals surface area (Å²) in [6.45, 7) is -0.0990. The van der Waals surface area contributed by atoms with Gasteiger partial charge in [-0.3, -0.25) is 4.79 Å². The number of halogens is 3. The Hall–Kier alpha value is -3.21. The number of para-hydroxylation sites is 1. The predicted octanol–water partition coefficient (Wildman–Crippen LogP) is 3.43. The summed E-state index contributed by atoms with van der Waals surface area (Å²) in [6, 6.07) is 7.31. The van der Waals surface area contributed by atoms with Crippen molar-refractivity contribution < 1.29 is 22.7 Å². The molecule has 146 valence electrons. The summed E-state index contributed by atoms with van der Waals surface area (Å²) >= 11 is 1.28. The second kappa shape index (κ2) is 8.65. The van der Waals surface area contributed by atoms with Crippen LogP contribution >= 0.6 is 11.3 Å². The number of hydrogen-bond donors (Lipinski definition) is 2. The van der Waals surface area contributed by atoms with Gasteiger partial charge in [-0.2, -0.15) is 0 Å². The third-order valence-corrected chi connectivity index (χ3v) is 4.16. The second-order valence-corrected chi connectivity index (χ2v) is 6.31. The van der Waals surface area contributed by atoms with Gasteiger partial charge in [-0.05, 0) is 12.1 Å². The number of amides is 1. The quantitative estimate of drug-likeness (QED) is 0.622. The minimum Gasteiger partial charge on any atom is -0.405 e. The highest BCUT2D eigenvalue weighted by molar-refractivity contribution is 7.13. The van der Waals surface area contributed by atoms with Gasteiger partial charge in [0.15, 0.2) is 5.13 Å². The molecule has 0 fully saturated rings. The van der Waals surface area contributed by atoms with E-state index in [0.29, 0.717) is 16.8 Å². The third-order valence-electron chi connectivity index (χ3n) is 3.35. The van der Waals surface area contributed by atoms with Gasteiger partial charge >= 0.3 is 6.36 Å². The third kappa shape index (κ3) is 5.91. The standard InChI is InChI=1S/C17H14F3N5O2S/c18-17(19,20)27-13-5-2-1-4-11(13)9-23-14(26)8-12-10-28-16(24-12)25-15-21-6-3-7-22-15/h1-7,10H,8-9H2,(H,23,26)(H,21,22,24,25). The van der Waals surface area contributed by atoms with Gasteiger partial charge in [0.1, 0.15) is 5.75 Å². The fourth-order valence-electron chi connectivity index (χ4n) is 2.20. The molecule has 0 bridgehead atoms. The van der Waals surface area contributed by atoms with E-state index >= 15 is 0 Å². The van der Waals surface area contributed by atoms with Crippen molar-refractivity contribution in [1.29, 1.82) is 0 Å². The molecule has 0 unspecified atom stereocenters. The van der Waals surface area contributed by atoms with E-state index in [1.54, 1.807) is 29.9 Å². The van der Waals surface area contributed by atoms with Crippen LogP contribution in [0.25, 0.3) is 0 Å². The van der Waals surface area contributed by atoms with Gasteiger partial charge in [0, 0.05) is 29.9 Å². The second-order valence-electron chi connectivity index (χ2n) is 5.45. The van der Waals surface area contributed by atoms with Gasteiger partial charge in [-0.1, -0.05) is 18.2 Å². The maximum Gasteiger partial charge on any atom is 0.573 e. The lowest BCUT2D eigenvalue weighted by Crippen LogP contribution is -2.25. The first-order valence-corrected chi connectivity index (χ1v) is 8.86. The average Bonchev–Trinajstić information content (AvgIpc) is 3.07. The Kier molecular flexibility index (Phi) is 6.04. The van der Waals surface area contributed by atoms with Crippen molar-refractivity contribution in [3.8, 4) is 5.75 Å². The van der Waals surface area contributed by atoms with Crippen molar-refractivity contribution in [3.63, 3.8) is 0 Å². The SMILES string of the molecule is O=C(Cc1csc(Nc2ncccn2)n1)NCc1ccccc1OC(F)(F)F. The zero-order chi connectivity index (χ0) is 20.0.